The van der Waals surface area contributed by atoms with Gasteiger partial charge in [0.25, 0.3) is 5.91 Å². The highest BCUT2D eigenvalue weighted by atomic mass is 19.4. The van der Waals surface area contributed by atoms with E-state index in [0.717, 1.165) is 12.1 Å². The molecule has 0 aliphatic rings. The minimum Gasteiger partial charge on any atom is -0.484 e. The lowest BCUT2D eigenvalue weighted by Crippen LogP contribution is -2.31. The number of benzene rings is 2. The summed E-state index contributed by atoms with van der Waals surface area (Å²) in [5.41, 5.74) is 0.0281. The Morgan fingerprint density at radius 2 is 1.81 bits per heavy atom. The number of carbonyl (C=O) groups excluding carboxylic acids is 2. The van der Waals surface area contributed by atoms with Crippen LogP contribution in [0.2, 0.25) is 0 Å². The summed E-state index contributed by atoms with van der Waals surface area (Å²) in [5.74, 6) is -0.249. The summed E-state index contributed by atoms with van der Waals surface area (Å²) in [6, 6.07) is 10.6. The van der Waals surface area contributed by atoms with Crippen molar-refractivity contribution in [3.8, 4) is 5.75 Å². The average molecular weight is 365 g/mol. The molecule has 2 rings (SSSR count). The zero-order valence-electron chi connectivity index (χ0n) is 14.3. The van der Waals surface area contributed by atoms with Gasteiger partial charge in [-0.15, -0.1) is 0 Å². The summed E-state index contributed by atoms with van der Waals surface area (Å²) >= 11 is 0. The third-order valence-electron chi connectivity index (χ3n) is 3.70. The minimum absolute atomic E-state index is 0.127. The van der Waals surface area contributed by atoms with Gasteiger partial charge in [0.2, 0.25) is 0 Å². The maximum Gasteiger partial charge on any atom is 0.416 e. The number of hydrogen-bond acceptors (Lipinski definition) is 3. The first-order valence-corrected chi connectivity index (χ1v) is 7.87. The topological polar surface area (TPSA) is 55.4 Å². The van der Waals surface area contributed by atoms with Crippen molar-refractivity contribution in [2.75, 3.05) is 6.61 Å². The van der Waals surface area contributed by atoms with Gasteiger partial charge in [-0.1, -0.05) is 24.3 Å². The molecule has 0 aliphatic heterocycles. The molecule has 26 heavy (non-hydrogen) atoms. The van der Waals surface area contributed by atoms with Crippen LogP contribution in [-0.4, -0.2) is 18.3 Å². The molecule has 4 nitrogen and oxygen atoms in total. The fraction of sp³-hybridized carbons (Fsp3) is 0.263. The number of ketones is 1. The Balaban J connectivity index is 1.95. The van der Waals surface area contributed by atoms with Gasteiger partial charge >= 0.3 is 6.18 Å². The number of amides is 1. The van der Waals surface area contributed by atoms with Crippen molar-refractivity contribution < 1.29 is 27.5 Å². The number of Topliss-reactive ketones (excluding diaryl/α,β-unsaturated/α-hetero) is 1. The molecule has 2 aromatic rings. The molecule has 0 saturated heterocycles. The Kier molecular flexibility index (Phi) is 6.02. The lowest BCUT2D eigenvalue weighted by Gasteiger charge is -2.16. The summed E-state index contributed by atoms with van der Waals surface area (Å²) in [6.45, 7) is 2.69. The van der Waals surface area contributed by atoms with Crippen molar-refractivity contribution in [3.05, 3.63) is 65.2 Å². The van der Waals surface area contributed by atoms with Crippen LogP contribution < -0.4 is 10.1 Å². The van der Waals surface area contributed by atoms with Crippen molar-refractivity contribution >= 4 is 11.7 Å². The standard InChI is InChI=1S/C19H18F3NO3/c1-12(14-5-3-7-16(9-14)19(20,21)22)23-18(25)11-26-17-8-4-6-15(10-17)13(2)24/h3-10,12H,11H2,1-2H3,(H,23,25)/t12-/m1/s1. The van der Waals surface area contributed by atoms with Gasteiger partial charge in [-0.3, -0.25) is 9.59 Å². The lowest BCUT2D eigenvalue weighted by atomic mass is 10.0. The maximum absolute atomic E-state index is 12.8. The normalized spacial score (nSPS) is 12.3. The molecule has 2 aromatic carbocycles. The van der Waals surface area contributed by atoms with Gasteiger partial charge in [0.1, 0.15) is 5.75 Å². The monoisotopic (exact) mass is 365 g/mol. The molecule has 138 valence electrons. The van der Waals surface area contributed by atoms with Crippen LogP contribution in [0.3, 0.4) is 0 Å². The number of alkyl halides is 3. The Morgan fingerprint density at radius 3 is 2.46 bits per heavy atom. The van der Waals surface area contributed by atoms with E-state index in [0.29, 0.717) is 16.9 Å². The average Bonchev–Trinajstić information content (AvgIpc) is 2.59. The summed E-state index contributed by atoms with van der Waals surface area (Å²) < 4.78 is 43.6. The highest BCUT2D eigenvalue weighted by Gasteiger charge is 2.30. The molecule has 1 atom stereocenters. The molecule has 0 unspecified atom stereocenters. The quantitative estimate of drug-likeness (QED) is 0.782. The molecule has 0 aliphatic carbocycles. The number of ether oxygens (including phenoxy) is 1. The summed E-state index contributed by atoms with van der Waals surface area (Å²) in [6.07, 6.45) is -4.44. The van der Waals surface area contributed by atoms with Gasteiger partial charge < -0.3 is 10.1 Å². The SMILES string of the molecule is CC(=O)c1cccc(OCC(=O)N[C@H](C)c2cccc(C(F)(F)F)c2)c1. The fourth-order valence-electron chi connectivity index (χ4n) is 2.30. The Hall–Kier alpha value is -2.83. The molecular weight excluding hydrogens is 347 g/mol. The molecule has 0 aromatic heterocycles. The summed E-state index contributed by atoms with van der Waals surface area (Å²) in [7, 11) is 0. The van der Waals surface area contributed by atoms with Gasteiger partial charge in [-0.2, -0.15) is 13.2 Å². The molecule has 0 saturated carbocycles. The van der Waals surface area contributed by atoms with Gasteiger partial charge in [-0.25, -0.2) is 0 Å². The van der Waals surface area contributed by atoms with Crippen molar-refractivity contribution in [3.63, 3.8) is 0 Å². The predicted octanol–water partition coefficient (Wildman–Crippen LogP) is 4.16. The first-order chi connectivity index (χ1) is 12.2. The molecule has 0 bridgehead atoms. The van der Waals surface area contributed by atoms with E-state index in [2.05, 4.69) is 5.32 Å². The highest BCUT2D eigenvalue weighted by molar-refractivity contribution is 5.94. The van der Waals surface area contributed by atoms with Crippen LogP contribution in [0.4, 0.5) is 13.2 Å². The van der Waals surface area contributed by atoms with Crippen LogP contribution in [0.25, 0.3) is 0 Å². The van der Waals surface area contributed by atoms with Crippen LogP contribution in [0.15, 0.2) is 48.5 Å². The van der Waals surface area contributed by atoms with E-state index >= 15 is 0 Å². The van der Waals surface area contributed by atoms with Crippen LogP contribution in [0.5, 0.6) is 5.75 Å². The Labute approximate surface area is 149 Å². The number of nitrogens with one attached hydrogen (secondary N) is 1. The lowest BCUT2D eigenvalue weighted by molar-refractivity contribution is -0.137. The van der Waals surface area contributed by atoms with E-state index in [9.17, 15) is 22.8 Å². The smallest absolute Gasteiger partial charge is 0.416 e. The molecule has 0 radical (unpaired) electrons. The first kappa shape index (κ1) is 19.5. The summed E-state index contributed by atoms with van der Waals surface area (Å²) in [4.78, 5) is 23.3. The molecular formula is C19H18F3NO3. The molecule has 1 amide bonds. The van der Waals surface area contributed by atoms with E-state index in [4.69, 9.17) is 4.74 Å². The minimum atomic E-state index is -4.44. The highest BCUT2D eigenvalue weighted by Crippen LogP contribution is 2.30. The van der Waals surface area contributed by atoms with Crippen LogP contribution >= 0.6 is 0 Å². The van der Waals surface area contributed by atoms with E-state index in [1.165, 1.54) is 25.1 Å². The van der Waals surface area contributed by atoms with Crippen LogP contribution in [-0.2, 0) is 11.0 Å². The number of rotatable bonds is 6. The maximum atomic E-state index is 12.8. The largest absolute Gasteiger partial charge is 0.484 e. The van der Waals surface area contributed by atoms with Crippen molar-refractivity contribution in [1.82, 2.24) is 5.32 Å². The van der Waals surface area contributed by atoms with Crippen molar-refractivity contribution in [1.29, 1.82) is 0 Å². The van der Waals surface area contributed by atoms with E-state index in [1.54, 1.807) is 25.1 Å². The van der Waals surface area contributed by atoms with Crippen molar-refractivity contribution in [2.24, 2.45) is 0 Å². The Bertz CT molecular complexity index is 803. The van der Waals surface area contributed by atoms with Gasteiger partial charge in [0.15, 0.2) is 12.4 Å². The Morgan fingerprint density at radius 1 is 1.12 bits per heavy atom. The third-order valence-corrected chi connectivity index (χ3v) is 3.70. The third kappa shape index (κ3) is 5.34. The number of halogens is 3. The molecule has 1 N–H and O–H groups in total. The van der Waals surface area contributed by atoms with Gasteiger partial charge in [-0.05, 0) is 43.7 Å². The molecule has 0 heterocycles. The van der Waals surface area contributed by atoms with Gasteiger partial charge in [0.05, 0.1) is 11.6 Å². The van der Waals surface area contributed by atoms with E-state index < -0.39 is 23.7 Å². The number of carbonyl (C=O) groups is 2. The molecule has 7 heteroatoms. The molecule has 0 spiro atoms. The van der Waals surface area contributed by atoms with E-state index in [-0.39, 0.29) is 12.4 Å². The zero-order chi connectivity index (χ0) is 19.3. The second kappa shape index (κ2) is 8.03. The van der Waals surface area contributed by atoms with Gasteiger partial charge in [0, 0.05) is 5.56 Å². The molecule has 0 fully saturated rings. The summed E-state index contributed by atoms with van der Waals surface area (Å²) in [5, 5.41) is 2.58. The predicted molar refractivity (Wildman–Crippen MR) is 89.9 cm³/mol. The van der Waals surface area contributed by atoms with Crippen LogP contribution in [0.1, 0.15) is 41.4 Å². The zero-order valence-corrected chi connectivity index (χ0v) is 14.3. The second-order valence-electron chi connectivity index (χ2n) is 5.79. The second-order valence-corrected chi connectivity index (χ2v) is 5.79. The van der Waals surface area contributed by atoms with E-state index in [1.807, 2.05) is 0 Å². The van der Waals surface area contributed by atoms with Crippen LogP contribution in [0, 0.1) is 0 Å². The van der Waals surface area contributed by atoms with Crippen molar-refractivity contribution in [2.45, 2.75) is 26.1 Å². The fourth-order valence-corrected chi connectivity index (χ4v) is 2.30. The number of hydrogen-bond donors (Lipinski definition) is 1. The first-order valence-electron chi connectivity index (χ1n) is 7.87.